The van der Waals surface area contributed by atoms with Gasteiger partial charge in [0.15, 0.2) is 0 Å². The molecule has 0 aliphatic heterocycles. The first kappa shape index (κ1) is 18.2. The van der Waals surface area contributed by atoms with E-state index in [4.69, 9.17) is 11.6 Å². The second-order valence-corrected chi connectivity index (χ2v) is 6.42. The summed E-state index contributed by atoms with van der Waals surface area (Å²) in [7, 11) is 0. The predicted molar refractivity (Wildman–Crippen MR) is 103 cm³/mol. The van der Waals surface area contributed by atoms with Crippen molar-refractivity contribution < 1.29 is 13.2 Å². The number of halogens is 4. The van der Waals surface area contributed by atoms with E-state index in [0.29, 0.717) is 22.2 Å². The van der Waals surface area contributed by atoms with E-state index >= 15 is 0 Å². The van der Waals surface area contributed by atoms with Gasteiger partial charge in [0.2, 0.25) is 0 Å². The third-order valence-corrected chi connectivity index (χ3v) is 4.43. The molecule has 0 saturated carbocycles. The van der Waals surface area contributed by atoms with Gasteiger partial charge in [-0.15, -0.1) is 0 Å². The highest BCUT2D eigenvalue weighted by Gasteiger charge is 2.29. The highest BCUT2D eigenvalue weighted by atomic mass is 35.5. The number of pyridine rings is 1. The number of benzene rings is 2. The largest absolute Gasteiger partial charge is 0.416 e. The summed E-state index contributed by atoms with van der Waals surface area (Å²) in [6.07, 6.45) is -1.32. The number of nitrogens with zero attached hydrogens (tertiary/aromatic N) is 3. The van der Waals surface area contributed by atoms with Crippen LogP contribution in [0.15, 0.2) is 67.1 Å². The number of nitrogens with one attached hydrogen (secondary N) is 1. The highest BCUT2D eigenvalue weighted by Crippen LogP contribution is 2.31. The van der Waals surface area contributed by atoms with Crippen molar-refractivity contribution in [3.63, 3.8) is 0 Å². The lowest BCUT2D eigenvalue weighted by atomic mass is 10.1. The van der Waals surface area contributed by atoms with E-state index in [1.54, 1.807) is 18.3 Å². The summed E-state index contributed by atoms with van der Waals surface area (Å²) in [5.41, 5.74) is 1.88. The summed E-state index contributed by atoms with van der Waals surface area (Å²) in [5, 5.41) is 4.37. The third kappa shape index (κ3) is 3.75. The Balaban J connectivity index is 1.63. The van der Waals surface area contributed by atoms with Gasteiger partial charge in [0.1, 0.15) is 12.1 Å². The lowest BCUT2D eigenvalue weighted by molar-refractivity contribution is -0.137. The predicted octanol–water partition coefficient (Wildman–Crippen LogP) is 6.11. The van der Waals surface area contributed by atoms with Gasteiger partial charge < -0.3 is 5.32 Å². The monoisotopic (exact) mass is 400 g/mol. The summed E-state index contributed by atoms with van der Waals surface area (Å²) in [5.74, 6) is 0.446. The molecule has 4 aromatic rings. The minimum Gasteiger partial charge on any atom is -0.340 e. The number of alkyl halides is 3. The maximum Gasteiger partial charge on any atom is 0.416 e. The SMILES string of the molecule is FC(F)(F)c1ccc(Nc2cc(-c3cc(Cl)c4cccnc4c3)ncn2)cc1. The van der Waals surface area contributed by atoms with Gasteiger partial charge in [-0.2, -0.15) is 13.2 Å². The lowest BCUT2D eigenvalue weighted by Gasteiger charge is -2.10. The van der Waals surface area contributed by atoms with Crippen molar-refractivity contribution in [2.75, 3.05) is 5.32 Å². The van der Waals surface area contributed by atoms with Gasteiger partial charge in [-0.3, -0.25) is 4.98 Å². The van der Waals surface area contributed by atoms with Crippen molar-refractivity contribution in [3.8, 4) is 11.3 Å². The molecule has 0 spiro atoms. The zero-order valence-corrected chi connectivity index (χ0v) is 15.0. The molecular weight excluding hydrogens is 389 g/mol. The summed E-state index contributed by atoms with van der Waals surface area (Å²) in [6.45, 7) is 0. The Bertz CT molecular complexity index is 1140. The first-order chi connectivity index (χ1) is 13.4. The normalized spacial score (nSPS) is 11.6. The van der Waals surface area contributed by atoms with Crippen molar-refractivity contribution >= 4 is 34.0 Å². The third-order valence-electron chi connectivity index (χ3n) is 4.12. The number of fused-ring (bicyclic) bond motifs is 1. The van der Waals surface area contributed by atoms with Crippen LogP contribution >= 0.6 is 11.6 Å². The maximum atomic E-state index is 12.7. The molecule has 0 atom stereocenters. The van der Waals surface area contributed by atoms with E-state index in [1.807, 2.05) is 18.2 Å². The smallest absolute Gasteiger partial charge is 0.340 e. The van der Waals surface area contributed by atoms with Crippen LogP contribution in [0.1, 0.15) is 5.56 Å². The molecule has 0 bridgehead atoms. The Morgan fingerprint density at radius 2 is 1.68 bits per heavy atom. The minimum atomic E-state index is -4.37. The number of aromatic nitrogens is 3. The van der Waals surface area contributed by atoms with Gasteiger partial charge in [-0.25, -0.2) is 9.97 Å². The summed E-state index contributed by atoms with van der Waals surface area (Å²) >= 11 is 6.34. The summed E-state index contributed by atoms with van der Waals surface area (Å²) in [6, 6.07) is 13.8. The Kier molecular flexibility index (Phi) is 4.60. The second-order valence-electron chi connectivity index (χ2n) is 6.02. The van der Waals surface area contributed by atoms with Gasteiger partial charge in [0, 0.05) is 28.9 Å². The van der Waals surface area contributed by atoms with Crippen molar-refractivity contribution in [1.29, 1.82) is 0 Å². The van der Waals surface area contributed by atoms with Crippen molar-refractivity contribution in [2.45, 2.75) is 6.18 Å². The first-order valence-electron chi connectivity index (χ1n) is 8.21. The van der Waals surface area contributed by atoms with Crippen LogP contribution < -0.4 is 5.32 Å². The maximum absolute atomic E-state index is 12.7. The molecule has 0 fully saturated rings. The van der Waals surface area contributed by atoms with Crippen LogP contribution in [0.3, 0.4) is 0 Å². The van der Waals surface area contributed by atoms with Crippen molar-refractivity contribution in [3.05, 3.63) is 77.7 Å². The topological polar surface area (TPSA) is 50.7 Å². The lowest BCUT2D eigenvalue weighted by Crippen LogP contribution is -2.04. The molecule has 0 unspecified atom stereocenters. The van der Waals surface area contributed by atoms with E-state index in [2.05, 4.69) is 20.3 Å². The van der Waals surface area contributed by atoms with Crippen LogP contribution in [-0.4, -0.2) is 15.0 Å². The van der Waals surface area contributed by atoms with E-state index in [1.165, 1.54) is 18.5 Å². The van der Waals surface area contributed by atoms with E-state index in [0.717, 1.165) is 28.6 Å². The van der Waals surface area contributed by atoms with Gasteiger partial charge in [0.05, 0.1) is 21.8 Å². The van der Waals surface area contributed by atoms with E-state index in [-0.39, 0.29) is 0 Å². The molecule has 0 aliphatic carbocycles. The Labute approximate surface area is 163 Å². The van der Waals surface area contributed by atoms with Crippen LogP contribution in [0, 0.1) is 0 Å². The van der Waals surface area contributed by atoms with E-state index < -0.39 is 11.7 Å². The van der Waals surface area contributed by atoms with Crippen LogP contribution in [0.25, 0.3) is 22.2 Å². The molecule has 0 amide bonds. The molecule has 0 radical (unpaired) electrons. The molecule has 1 N–H and O–H groups in total. The Morgan fingerprint density at radius 3 is 2.43 bits per heavy atom. The minimum absolute atomic E-state index is 0.446. The fraction of sp³-hybridized carbons (Fsp3) is 0.0500. The molecule has 2 heterocycles. The van der Waals surface area contributed by atoms with Gasteiger partial charge >= 0.3 is 6.18 Å². The molecule has 28 heavy (non-hydrogen) atoms. The molecule has 2 aromatic carbocycles. The zero-order valence-electron chi connectivity index (χ0n) is 14.2. The van der Waals surface area contributed by atoms with Crippen LogP contribution in [0.5, 0.6) is 0 Å². The van der Waals surface area contributed by atoms with Gasteiger partial charge in [-0.1, -0.05) is 11.6 Å². The molecule has 140 valence electrons. The summed E-state index contributed by atoms with van der Waals surface area (Å²) in [4.78, 5) is 12.7. The second kappa shape index (κ2) is 7.09. The molecule has 0 saturated heterocycles. The Morgan fingerprint density at radius 1 is 0.893 bits per heavy atom. The highest BCUT2D eigenvalue weighted by molar-refractivity contribution is 6.35. The Hall–Kier alpha value is -3.19. The van der Waals surface area contributed by atoms with Crippen molar-refractivity contribution in [1.82, 2.24) is 15.0 Å². The van der Waals surface area contributed by atoms with Crippen LogP contribution in [0.4, 0.5) is 24.7 Å². The quantitative estimate of drug-likeness (QED) is 0.451. The zero-order chi connectivity index (χ0) is 19.7. The van der Waals surface area contributed by atoms with Gasteiger partial charge in [-0.05, 0) is 48.5 Å². The number of hydrogen-bond acceptors (Lipinski definition) is 4. The molecular formula is C20H12ClF3N4. The molecule has 4 rings (SSSR count). The molecule has 2 aromatic heterocycles. The van der Waals surface area contributed by atoms with E-state index in [9.17, 15) is 13.2 Å². The molecule has 0 aliphatic rings. The number of rotatable bonds is 3. The number of hydrogen-bond donors (Lipinski definition) is 1. The average Bonchev–Trinajstić information content (AvgIpc) is 2.68. The van der Waals surface area contributed by atoms with Crippen LogP contribution in [-0.2, 0) is 6.18 Å². The first-order valence-corrected chi connectivity index (χ1v) is 8.59. The fourth-order valence-corrected chi connectivity index (χ4v) is 3.04. The number of anilines is 2. The molecule has 4 nitrogen and oxygen atoms in total. The fourth-order valence-electron chi connectivity index (χ4n) is 2.76. The van der Waals surface area contributed by atoms with Crippen molar-refractivity contribution in [2.24, 2.45) is 0 Å². The van der Waals surface area contributed by atoms with Crippen LogP contribution in [0.2, 0.25) is 5.02 Å². The molecule has 8 heteroatoms. The average molecular weight is 401 g/mol. The van der Waals surface area contributed by atoms with Gasteiger partial charge in [0.25, 0.3) is 0 Å². The standard InChI is InChI=1S/C20H12ClF3N4/c21-16-8-12(9-18-15(16)2-1-7-25-18)17-10-19(27-11-26-17)28-14-5-3-13(4-6-14)20(22,23)24/h1-11H,(H,26,27,28). The summed E-state index contributed by atoms with van der Waals surface area (Å²) < 4.78 is 38.0.